The van der Waals surface area contributed by atoms with Crippen LogP contribution in [-0.4, -0.2) is 44.6 Å². The fraction of sp³-hybridized carbons (Fsp3) is 0.735. The number of esters is 1. The van der Waals surface area contributed by atoms with Crippen LogP contribution in [0, 0.1) is 22.7 Å². The molecule has 1 aromatic rings. The van der Waals surface area contributed by atoms with Crippen LogP contribution in [-0.2, 0) is 14.3 Å². The van der Waals surface area contributed by atoms with E-state index >= 15 is 0 Å². The minimum Gasteiger partial charge on any atom is -0.469 e. The average Bonchev–Trinajstić information content (AvgIpc) is 2.89. The van der Waals surface area contributed by atoms with Gasteiger partial charge in [-0.1, -0.05) is 90.5 Å². The number of benzene rings is 1. The minimum atomic E-state index is -0.744. The number of carbonyl (C=O) groups is 2. The largest absolute Gasteiger partial charge is 0.469 e. The number of hydrogen-bond acceptors (Lipinski definition) is 7. The summed E-state index contributed by atoms with van der Waals surface area (Å²) in [6, 6.07) is 10.5. The first-order valence-electron chi connectivity index (χ1n) is 15.3. The lowest BCUT2D eigenvalue weighted by molar-refractivity contribution is -0.151. The summed E-state index contributed by atoms with van der Waals surface area (Å²) in [6.07, 6.45) is 3.45. The summed E-state index contributed by atoms with van der Waals surface area (Å²) >= 11 is 9.36. The lowest BCUT2D eigenvalue weighted by atomic mass is 9.57. The van der Waals surface area contributed by atoms with Gasteiger partial charge in [0.15, 0.2) is 0 Å². The van der Waals surface area contributed by atoms with Crippen LogP contribution < -0.4 is 11.1 Å². The van der Waals surface area contributed by atoms with E-state index in [1.165, 1.54) is 12.7 Å². The van der Waals surface area contributed by atoms with Gasteiger partial charge in [0, 0.05) is 28.2 Å². The van der Waals surface area contributed by atoms with Crippen molar-refractivity contribution < 1.29 is 14.3 Å². The molecule has 0 aliphatic heterocycles. The Balaban J connectivity index is 3.54. The highest BCUT2D eigenvalue weighted by Gasteiger charge is 2.51. The Bertz CT molecular complexity index is 1020. The summed E-state index contributed by atoms with van der Waals surface area (Å²) in [5.74, 6) is -0.00595. The number of amides is 1. The summed E-state index contributed by atoms with van der Waals surface area (Å²) in [7, 11) is 1.41. The SMILES string of the molecule is CCCCSC(=S)SC(C)(C)C(CC(C)(N)C(C)(C)C(CC(C)(C)C(C)C(=O)OC)C(=O)NC(C)C)c1ccccc1. The molecule has 0 aromatic heterocycles. The van der Waals surface area contributed by atoms with E-state index in [1.807, 2.05) is 40.7 Å². The van der Waals surface area contributed by atoms with Crippen molar-refractivity contribution in [3.8, 4) is 0 Å². The average molecular weight is 639 g/mol. The van der Waals surface area contributed by atoms with E-state index in [0.717, 1.165) is 22.1 Å². The van der Waals surface area contributed by atoms with Crippen molar-refractivity contribution in [1.29, 1.82) is 0 Å². The van der Waals surface area contributed by atoms with Crippen molar-refractivity contribution in [2.24, 2.45) is 28.4 Å². The van der Waals surface area contributed by atoms with E-state index in [9.17, 15) is 9.59 Å². The van der Waals surface area contributed by atoms with Gasteiger partial charge in [0.1, 0.15) is 3.53 Å². The van der Waals surface area contributed by atoms with Crippen LogP contribution in [0.25, 0.3) is 0 Å². The molecule has 0 radical (unpaired) electrons. The second kappa shape index (κ2) is 16.3. The summed E-state index contributed by atoms with van der Waals surface area (Å²) in [5.41, 5.74) is 6.75. The fourth-order valence-corrected chi connectivity index (χ4v) is 8.83. The molecular formula is C34H58N2O3S3. The highest BCUT2D eigenvalue weighted by Crippen LogP contribution is 2.52. The van der Waals surface area contributed by atoms with Gasteiger partial charge in [-0.05, 0) is 76.0 Å². The predicted octanol–water partition coefficient (Wildman–Crippen LogP) is 8.60. The van der Waals surface area contributed by atoms with Crippen molar-refractivity contribution in [3.63, 3.8) is 0 Å². The Kier molecular flexibility index (Phi) is 15.1. The molecule has 4 unspecified atom stereocenters. The Morgan fingerprint density at radius 1 is 1.00 bits per heavy atom. The van der Waals surface area contributed by atoms with Crippen molar-refractivity contribution in [2.45, 2.75) is 124 Å². The van der Waals surface area contributed by atoms with Crippen LogP contribution in [0.1, 0.15) is 113 Å². The van der Waals surface area contributed by atoms with Crippen LogP contribution in [0.3, 0.4) is 0 Å². The number of unbranched alkanes of at least 4 members (excludes halogenated alkanes) is 1. The molecule has 0 spiro atoms. The zero-order valence-corrected chi connectivity index (χ0v) is 30.7. The normalized spacial score (nSPS) is 16.3. The molecule has 0 fully saturated rings. The molecule has 4 atom stereocenters. The fourth-order valence-electron chi connectivity index (χ4n) is 5.41. The third kappa shape index (κ3) is 10.8. The Hall–Kier alpha value is -1.09. The first kappa shape index (κ1) is 38.9. The number of rotatable bonds is 16. The topological polar surface area (TPSA) is 81.4 Å². The molecule has 0 bridgehead atoms. The van der Waals surface area contributed by atoms with Crippen molar-refractivity contribution in [3.05, 3.63) is 35.9 Å². The Morgan fingerprint density at radius 2 is 1.57 bits per heavy atom. The molecule has 5 nitrogen and oxygen atoms in total. The quantitative estimate of drug-likeness (QED) is 0.107. The molecule has 0 aliphatic rings. The van der Waals surface area contributed by atoms with Crippen LogP contribution in [0.4, 0.5) is 0 Å². The van der Waals surface area contributed by atoms with Gasteiger partial charge in [0.2, 0.25) is 5.91 Å². The van der Waals surface area contributed by atoms with Crippen molar-refractivity contribution >= 4 is 51.1 Å². The number of nitrogens with one attached hydrogen (secondary N) is 1. The molecule has 0 aliphatic carbocycles. The van der Waals surface area contributed by atoms with Crippen LogP contribution in [0.15, 0.2) is 30.3 Å². The smallest absolute Gasteiger partial charge is 0.308 e. The van der Waals surface area contributed by atoms with Crippen LogP contribution in [0.5, 0.6) is 0 Å². The molecule has 240 valence electrons. The molecule has 1 amide bonds. The third-order valence-electron chi connectivity index (χ3n) is 9.28. The monoisotopic (exact) mass is 638 g/mol. The van der Waals surface area contributed by atoms with Gasteiger partial charge in [-0.15, -0.1) is 23.5 Å². The number of hydrogen-bond donors (Lipinski definition) is 2. The first-order chi connectivity index (χ1) is 19.2. The van der Waals surface area contributed by atoms with Gasteiger partial charge in [-0.2, -0.15) is 0 Å². The summed E-state index contributed by atoms with van der Waals surface area (Å²) in [6.45, 7) is 22.9. The van der Waals surface area contributed by atoms with Gasteiger partial charge in [-0.25, -0.2) is 0 Å². The van der Waals surface area contributed by atoms with E-state index in [2.05, 4.69) is 71.1 Å². The molecule has 0 saturated heterocycles. The molecule has 42 heavy (non-hydrogen) atoms. The van der Waals surface area contributed by atoms with Gasteiger partial charge >= 0.3 is 5.97 Å². The summed E-state index contributed by atoms with van der Waals surface area (Å²) in [4.78, 5) is 26.5. The molecule has 0 heterocycles. The zero-order valence-electron chi connectivity index (χ0n) is 28.3. The second-order valence-corrected chi connectivity index (χ2v) is 18.1. The van der Waals surface area contributed by atoms with Crippen molar-refractivity contribution in [1.82, 2.24) is 5.32 Å². The van der Waals surface area contributed by atoms with E-state index < -0.39 is 22.3 Å². The first-order valence-corrected chi connectivity index (χ1v) is 17.5. The van der Waals surface area contributed by atoms with E-state index in [-0.39, 0.29) is 34.5 Å². The maximum Gasteiger partial charge on any atom is 0.308 e. The van der Waals surface area contributed by atoms with Crippen molar-refractivity contribution in [2.75, 3.05) is 12.9 Å². The van der Waals surface area contributed by atoms with E-state index in [0.29, 0.717) is 12.8 Å². The molecule has 1 aromatic carbocycles. The molecule has 3 N–H and O–H groups in total. The Labute approximate surface area is 271 Å². The number of thiocarbonyl (C=S) groups is 1. The molecular weight excluding hydrogens is 581 g/mol. The maximum atomic E-state index is 13.9. The highest BCUT2D eigenvalue weighted by atomic mass is 32.2. The second-order valence-electron chi connectivity index (χ2n) is 14.1. The molecule has 8 heteroatoms. The Morgan fingerprint density at radius 3 is 2.07 bits per heavy atom. The van der Waals surface area contributed by atoms with Gasteiger partial charge in [0.05, 0.1) is 13.0 Å². The zero-order chi connectivity index (χ0) is 32.5. The number of methoxy groups -OCH3 is 1. The number of thioether (sulfide) groups is 2. The predicted molar refractivity (Wildman–Crippen MR) is 188 cm³/mol. The minimum absolute atomic E-state index is 0.0143. The number of nitrogens with two attached hydrogens (primary N) is 1. The van der Waals surface area contributed by atoms with Crippen LogP contribution in [0.2, 0.25) is 0 Å². The van der Waals surface area contributed by atoms with E-state index in [4.69, 9.17) is 22.7 Å². The number of carbonyl (C=O) groups excluding carboxylic acids is 2. The highest BCUT2D eigenvalue weighted by molar-refractivity contribution is 8.47. The lowest BCUT2D eigenvalue weighted by Gasteiger charge is -2.51. The van der Waals surface area contributed by atoms with Gasteiger partial charge in [-0.3, -0.25) is 9.59 Å². The standard InChI is InChI=1S/C34H58N2O3S3/c1-13-14-20-41-30(40)42-33(9,10)26(25-18-16-15-17-19-25)22-34(11,35)32(7,8)27(28(37)36-23(2)3)21-31(5,6)24(4)29(38)39-12/h15-19,23-24,26-27H,13-14,20-22,35H2,1-12H3,(H,36,37). The molecule has 0 saturated carbocycles. The van der Waals surface area contributed by atoms with E-state index in [1.54, 1.807) is 23.5 Å². The third-order valence-corrected chi connectivity index (χ3v) is 12.2. The molecule has 1 rings (SSSR count). The summed E-state index contributed by atoms with van der Waals surface area (Å²) < 4.78 is 5.81. The van der Waals surface area contributed by atoms with Crippen LogP contribution >= 0.6 is 35.7 Å². The lowest BCUT2D eigenvalue weighted by Crippen LogP contribution is -2.59. The van der Waals surface area contributed by atoms with Gasteiger partial charge in [0.25, 0.3) is 0 Å². The van der Waals surface area contributed by atoms with Gasteiger partial charge < -0.3 is 15.8 Å². The summed E-state index contributed by atoms with van der Waals surface area (Å²) in [5, 5.41) is 3.16. The number of ether oxygens (including phenoxy) is 1. The maximum absolute atomic E-state index is 13.9.